The van der Waals surface area contributed by atoms with Crippen molar-refractivity contribution in [1.82, 2.24) is 5.32 Å². The molecular weight excluding hydrogens is 459 g/mol. The van der Waals surface area contributed by atoms with Gasteiger partial charge in [-0.1, -0.05) is 11.6 Å². The minimum absolute atomic E-state index is 0.242. The van der Waals surface area contributed by atoms with Gasteiger partial charge < -0.3 is 19.9 Å². The van der Waals surface area contributed by atoms with E-state index in [-0.39, 0.29) is 18.1 Å². The van der Waals surface area contributed by atoms with E-state index >= 15 is 4.39 Å². The van der Waals surface area contributed by atoms with E-state index in [4.69, 9.17) is 16.3 Å². The molecule has 1 saturated carbocycles. The molecule has 3 aliphatic rings. The lowest BCUT2D eigenvalue weighted by atomic mass is 10.1. The highest BCUT2D eigenvalue weighted by atomic mass is 35.5. The second kappa shape index (κ2) is 9.33. The molecule has 2 amide bonds. The Labute approximate surface area is 203 Å². The lowest BCUT2D eigenvalue weighted by Crippen LogP contribution is -2.47. The van der Waals surface area contributed by atoms with Crippen LogP contribution < -0.4 is 25.2 Å². The molecule has 7 nitrogen and oxygen atoms in total. The molecule has 0 aromatic heterocycles. The molecule has 2 heterocycles. The summed E-state index contributed by atoms with van der Waals surface area (Å²) in [4.78, 5) is 27.8. The van der Waals surface area contributed by atoms with Gasteiger partial charge in [0, 0.05) is 55.4 Å². The summed E-state index contributed by atoms with van der Waals surface area (Å²) in [6.07, 6.45) is 3.00. The number of methoxy groups -OCH3 is 1. The van der Waals surface area contributed by atoms with Gasteiger partial charge in [0.25, 0.3) is 0 Å². The number of rotatable bonds is 6. The van der Waals surface area contributed by atoms with Gasteiger partial charge in [0.15, 0.2) is 0 Å². The molecule has 1 aliphatic carbocycles. The standard InChI is InChI=1S/C25H28ClFN4O3/c1-34-23-14-22(19(27)13-21(23)28-20-6-7-24(32)29-25(20)33)31-10-8-30(9-11-31)16-4-5-18(26)17(12-16)15-2-3-15/h4-5,12-15,20,28H,2-3,6-11H2,1H3,(H,29,32,33). The fourth-order valence-corrected chi connectivity index (χ4v) is 5.00. The first-order valence-corrected chi connectivity index (χ1v) is 12.1. The molecule has 0 radical (unpaired) electrons. The van der Waals surface area contributed by atoms with Crippen LogP contribution in [0.1, 0.15) is 37.2 Å². The van der Waals surface area contributed by atoms with Crippen LogP contribution in [-0.4, -0.2) is 51.1 Å². The summed E-state index contributed by atoms with van der Waals surface area (Å²) in [6, 6.07) is 8.67. The lowest BCUT2D eigenvalue weighted by Gasteiger charge is -2.38. The van der Waals surface area contributed by atoms with Crippen LogP contribution in [0, 0.1) is 5.82 Å². The van der Waals surface area contributed by atoms with Crippen LogP contribution in [0.2, 0.25) is 5.02 Å². The third-order valence-corrected chi connectivity index (χ3v) is 7.16. The number of hydrogen-bond acceptors (Lipinski definition) is 6. The summed E-state index contributed by atoms with van der Waals surface area (Å²) < 4.78 is 20.7. The molecule has 2 aromatic rings. The number of carbonyl (C=O) groups is 2. The molecule has 1 atom stereocenters. The summed E-state index contributed by atoms with van der Waals surface area (Å²) in [5.74, 6) is -0.0477. The second-order valence-electron chi connectivity index (χ2n) is 9.11. The largest absolute Gasteiger partial charge is 0.495 e. The van der Waals surface area contributed by atoms with E-state index in [1.807, 2.05) is 11.0 Å². The number of benzene rings is 2. The number of carbonyl (C=O) groups excluding carboxylic acids is 2. The zero-order valence-corrected chi connectivity index (χ0v) is 19.8. The van der Waals surface area contributed by atoms with Gasteiger partial charge in [-0.25, -0.2) is 4.39 Å². The Morgan fingerprint density at radius 2 is 1.79 bits per heavy atom. The number of nitrogens with zero attached hydrogens (tertiary/aromatic N) is 2. The molecule has 2 saturated heterocycles. The second-order valence-corrected chi connectivity index (χ2v) is 9.51. The molecular formula is C25H28ClFN4O3. The molecule has 2 N–H and O–H groups in total. The Bertz CT molecular complexity index is 1120. The van der Waals surface area contributed by atoms with E-state index < -0.39 is 11.9 Å². The summed E-state index contributed by atoms with van der Waals surface area (Å²) >= 11 is 6.39. The summed E-state index contributed by atoms with van der Waals surface area (Å²) in [6.45, 7) is 2.87. The Hall–Kier alpha value is -3.00. The monoisotopic (exact) mass is 486 g/mol. The number of hydrogen-bond donors (Lipinski definition) is 2. The van der Waals surface area contributed by atoms with Gasteiger partial charge in [-0.15, -0.1) is 0 Å². The Morgan fingerprint density at radius 1 is 1.06 bits per heavy atom. The minimum Gasteiger partial charge on any atom is -0.495 e. The highest BCUT2D eigenvalue weighted by Crippen LogP contribution is 2.44. The average Bonchev–Trinajstić information content (AvgIpc) is 3.67. The highest BCUT2D eigenvalue weighted by molar-refractivity contribution is 6.31. The molecule has 5 rings (SSSR count). The van der Waals surface area contributed by atoms with Crippen molar-refractivity contribution in [3.63, 3.8) is 0 Å². The van der Waals surface area contributed by atoms with E-state index in [9.17, 15) is 9.59 Å². The summed E-state index contributed by atoms with van der Waals surface area (Å²) in [5.41, 5.74) is 3.26. The van der Waals surface area contributed by atoms with Gasteiger partial charge in [0.05, 0.1) is 18.5 Å². The van der Waals surface area contributed by atoms with E-state index in [1.54, 1.807) is 6.07 Å². The van der Waals surface area contributed by atoms with Gasteiger partial charge >= 0.3 is 0 Å². The van der Waals surface area contributed by atoms with Gasteiger partial charge in [0.2, 0.25) is 11.8 Å². The van der Waals surface area contributed by atoms with Crippen LogP contribution >= 0.6 is 11.6 Å². The van der Waals surface area contributed by atoms with Crippen LogP contribution in [0.15, 0.2) is 30.3 Å². The number of amides is 2. The SMILES string of the molecule is COc1cc(N2CCN(c3ccc(Cl)c(C4CC4)c3)CC2)c(F)cc1NC1CCC(=O)NC1=O. The topological polar surface area (TPSA) is 73.9 Å². The van der Waals surface area contributed by atoms with Crippen molar-refractivity contribution in [1.29, 1.82) is 0 Å². The fourth-order valence-electron chi connectivity index (χ4n) is 4.73. The van der Waals surface area contributed by atoms with Crippen molar-refractivity contribution in [2.75, 3.05) is 48.4 Å². The van der Waals surface area contributed by atoms with Crippen molar-refractivity contribution in [2.24, 2.45) is 0 Å². The quantitative estimate of drug-likeness (QED) is 0.603. The van der Waals surface area contributed by atoms with Crippen LogP contribution in [0.5, 0.6) is 5.75 Å². The van der Waals surface area contributed by atoms with E-state index in [0.29, 0.717) is 42.6 Å². The molecule has 2 aliphatic heterocycles. The first-order chi connectivity index (χ1) is 16.4. The molecule has 9 heteroatoms. The Morgan fingerprint density at radius 3 is 2.47 bits per heavy atom. The fraction of sp³-hybridized carbons (Fsp3) is 0.440. The van der Waals surface area contributed by atoms with Gasteiger partial charge in [-0.05, 0) is 48.9 Å². The number of nitrogens with one attached hydrogen (secondary N) is 2. The van der Waals surface area contributed by atoms with Crippen LogP contribution in [-0.2, 0) is 9.59 Å². The van der Waals surface area contributed by atoms with Crippen molar-refractivity contribution in [2.45, 2.75) is 37.6 Å². The average molecular weight is 487 g/mol. The molecule has 34 heavy (non-hydrogen) atoms. The van der Waals surface area contributed by atoms with Gasteiger partial charge in [0.1, 0.15) is 17.6 Å². The maximum Gasteiger partial charge on any atom is 0.249 e. The smallest absolute Gasteiger partial charge is 0.249 e. The third kappa shape index (κ3) is 4.64. The predicted octanol–water partition coefficient (Wildman–Crippen LogP) is 3.91. The summed E-state index contributed by atoms with van der Waals surface area (Å²) in [7, 11) is 1.52. The maximum atomic E-state index is 15.2. The zero-order valence-electron chi connectivity index (χ0n) is 19.1. The Kier molecular flexibility index (Phi) is 6.25. The number of anilines is 3. The molecule has 180 valence electrons. The molecule has 3 fully saturated rings. The Balaban J connectivity index is 1.28. The highest BCUT2D eigenvalue weighted by Gasteiger charge is 2.29. The van der Waals surface area contributed by atoms with Crippen molar-refractivity contribution in [3.8, 4) is 5.75 Å². The third-order valence-electron chi connectivity index (χ3n) is 6.82. The number of piperazine rings is 1. The van der Waals surface area contributed by atoms with Crippen molar-refractivity contribution < 1.29 is 18.7 Å². The van der Waals surface area contributed by atoms with Gasteiger partial charge in [-0.2, -0.15) is 0 Å². The zero-order chi connectivity index (χ0) is 23.8. The first kappa shape index (κ1) is 22.8. The predicted molar refractivity (Wildman–Crippen MR) is 131 cm³/mol. The van der Waals surface area contributed by atoms with Crippen LogP contribution in [0.25, 0.3) is 0 Å². The molecule has 1 unspecified atom stereocenters. The number of ether oxygens (including phenoxy) is 1. The molecule has 2 aromatic carbocycles. The first-order valence-electron chi connectivity index (χ1n) is 11.7. The molecule has 0 bridgehead atoms. The van der Waals surface area contributed by atoms with Crippen LogP contribution in [0.4, 0.5) is 21.5 Å². The lowest BCUT2D eigenvalue weighted by molar-refractivity contribution is -0.133. The van der Waals surface area contributed by atoms with Crippen LogP contribution in [0.3, 0.4) is 0 Å². The van der Waals surface area contributed by atoms with E-state index in [2.05, 4.69) is 27.7 Å². The minimum atomic E-state index is -0.611. The van der Waals surface area contributed by atoms with E-state index in [0.717, 1.165) is 23.8 Å². The molecule has 0 spiro atoms. The van der Waals surface area contributed by atoms with Crippen molar-refractivity contribution >= 4 is 40.5 Å². The van der Waals surface area contributed by atoms with E-state index in [1.165, 1.54) is 31.6 Å². The van der Waals surface area contributed by atoms with Gasteiger partial charge in [-0.3, -0.25) is 14.9 Å². The van der Waals surface area contributed by atoms with Crippen molar-refractivity contribution in [3.05, 3.63) is 46.7 Å². The maximum absolute atomic E-state index is 15.2. The number of imide groups is 1. The number of piperidine rings is 1. The summed E-state index contributed by atoms with van der Waals surface area (Å²) in [5, 5.41) is 6.17. The number of halogens is 2. The normalized spacial score (nSPS) is 20.9.